The predicted molar refractivity (Wildman–Crippen MR) is 90.0 cm³/mol. The maximum Gasteiger partial charge on any atom is 0.257 e. The van der Waals surface area contributed by atoms with Gasteiger partial charge in [0.05, 0.1) is 12.2 Å². The molecule has 1 aliphatic heterocycles. The van der Waals surface area contributed by atoms with Gasteiger partial charge in [0.25, 0.3) is 5.91 Å². The first kappa shape index (κ1) is 15.3. The number of carbonyl (C=O) groups is 1. The largest absolute Gasteiger partial charge is 0.493 e. The number of para-hydroxylation sites is 1. The molecule has 5 heteroatoms. The van der Waals surface area contributed by atoms with E-state index in [1.54, 1.807) is 6.20 Å². The molecule has 1 aromatic heterocycles. The Kier molecular flexibility index (Phi) is 4.76. The van der Waals surface area contributed by atoms with Gasteiger partial charge in [0.2, 0.25) is 0 Å². The molecule has 0 aliphatic carbocycles. The van der Waals surface area contributed by atoms with Crippen LogP contribution in [0.4, 0.5) is 5.82 Å². The highest BCUT2D eigenvalue weighted by Gasteiger charge is 2.24. The van der Waals surface area contributed by atoms with Gasteiger partial charge in [-0.05, 0) is 31.2 Å². The van der Waals surface area contributed by atoms with Crippen LogP contribution >= 0.6 is 0 Å². The lowest BCUT2D eigenvalue weighted by atomic mass is 10.1. The zero-order valence-electron chi connectivity index (χ0n) is 13.3. The van der Waals surface area contributed by atoms with Crippen LogP contribution in [0.1, 0.15) is 17.3 Å². The second-order valence-electron chi connectivity index (χ2n) is 5.40. The number of ether oxygens (including phenoxy) is 1. The number of amides is 1. The van der Waals surface area contributed by atoms with Crippen LogP contribution in [0, 0.1) is 0 Å². The number of rotatable bonds is 4. The summed E-state index contributed by atoms with van der Waals surface area (Å²) in [7, 11) is 0. The molecule has 1 aromatic carbocycles. The first-order valence-electron chi connectivity index (χ1n) is 7.96. The van der Waals surface area contributed by atoms with E-state index in [0.717, 1.165) is 18.9 Å². The Morgan fingerprint density at radius 1 is 1.09 bits per heavy atom. The van der Waals surface area contributed by atoms with E-state index >= 15 is 0 Å². The number of hydrogen-bond acceptors (Lipinski definition) is 4. The average Bonchev–Trinajstić information content (AvgIpc) is 2.63. The third kappa shape index (κ3) is 3.44. The summed E-state index contributed by atoms with van der Waals surface area (Å²) in [5.74, 6) is 1.66. The molecule has 0 N–H and O–H groups in total. The van der Waals surface area contributed by atoms with Gasteiger partial charge in [-0.3, -0.25) is 4.79 Å². The molecule has 0 atom stereocenters. The Balaban J connectivity index is 1.67. The van der Waals surface area contributed by atoms with Crippen LogP contribution in [0.15, 0.2) is 48.7 Å². The van der Waals surface area contributed by atoms with Crippen molar-refractivity contribution in [3.63, 3.8) is 0 Å². The van der Waals surface area contributed by atoms with Gasteiger partial charge in [-0.1, -0.05) is 18.2 Å². The molecular weight excluding hydrogens is 290 g/mol. The summed E-state index contributed by atoms with van der Waals surface area (Å²) in [6.45, 7) is 5.44. The van der Waals surface area contributed by atoms with Gasteiger partial charge in [-0.2, -0.15) is 0 Å². The molecule has 2 aromatic rings. The van der Waals surface area contributed by atoms with Gasteiger partial charge < -0.3 is 14.5 Å². The summed E-state index contributed by atoms with van der Waals surface area (Å²) in [4.78, 5) is 21.2. The molecule has 0 saturated carbocycles. The third-order valence-corrected chi connectivity index (χ3v) is 3.96. The fourth-order valence-electron chi connectivity index (χ4n) is 2.77. The van der Waals surface area contributed by atoms with Crippen molar-refractivity contribution < 1.29 is 9.53 Å². The number of carbonyl (C=O) groups excluding carboxylic acids is 1. The van der Waals surface area contributed by atoms with E-state index in [-0.39, 0.29) is 5.91 Å². The minimum Gasteiger partial charge on any atom is -0.493 e. The Morgan fingerprint density at radius 2 is 1.83 bits per heavy atom. The van der Waals surface area contributed by atoms with E-state index in [0.29, 0.717) is 31.0 Å². The number of pyridine rings is 1. The standard InChI is InChI=1S/C18H21N3O2/c1-2-23-16-8-4-3-7-15(16)18(22)21-13-11-20(12-14-21)17-9-5-6-10-19-17/h3-10H,2,11-14H2,1H3. The van der Waals surface area contributed by atoms with Crippen LogP contribution in [0.2, 0.25) is 0 Å². The Morgan fingerprint density at radius 3 is 2.52 bits per heavy atom. The van der Waals surface area contributed by atoms with Crippen molar-refractivity contribution >= 4 is 11.7 Å². The summed E-state index contributed by atoms with van der Waals surface area (Å²) >= 11 is 0. The van der Waals surface area contributed by atoms with Crippen molar-refractivity contribution in [2.24, 2.45) is 0 Å². The molecule has 3 rings (SSSR count). The molecule has 23 heavy (non-hydrogen) atoms. The second kappa shape index (κ2) is 7.13. The monoisotopic (exact) mass is 311 g/mol. The van der Waals surface area contributed by atoms with E-state index in [2.05, 4.69) is 9.88 Å². The molecule has 5 nitrogen and oxygen atoms in total. The highest BCUT2D eigenvalue weighted by molar-refractivity contribution is 5.97. The smallest absolute Gasteiger partial charge is 0.257 e. The van der Waals surface area contributed by atoms with Crippen molar-refractivity contribution in [2.45, 2.75) is 6.92 Å². The summed E-state index contributed by atoms with van der Waals surface area (Å²) in [6, 6.07) is 13.3. The number of hydrogen-bond donors (Lipinski definition) is 0. The molecule has 0 bridgehead atoms. The second-order valence-corrected chi connectivity index (χ2v) is 5.40. The van der Waals surface area contributed by atoms with Crippen LogP contribution in [0.25, 0.3) is 0 Å². The molecule has 0 radical (unpaired) electrons. The van der Waals surface area contributed by atoms with E-state index in [4.69, 9.17) is 4.74 Å². The van der Waals surface area contributed by atoms with Crippen LogP contribution in [-0.2, 0) is 0 Å². The van der Waals surface area contributed by atoms with E-state index < -0.39 is 0 Å². The first-order chi connectivity index (χ1) is 11.3. The summed E-state index contributed by atoms with van der Waals surface area (Å²) < 4.78 is 5.57. The van der Waals surface area contributed by atoms with Crippen molar-refractivity contribution in [3.8, 4) is 5.75 Å². The van der Waals surface area contributed by atoms with Crippen molar-refractivity contribution in [2.75, 3.05) is 37.7 Å². The lowest BCUT2D eigenvalue weighted by Crippen LogP contribution is -2.49. The van der Waals surface area contributed by atoms with Crippen molar-refractivity contribution in [1.82, 2.24) is 9.88 Å². The number of anilines is 1. The van der Waals surface area contributed by atoms with Crippen LogP contribution in [-0.4, -0.2) is 48.6 Å². The number of benzene rings is 1. The normalized spacial score (nSPS) is 14.7. The zero-order valence-corrected chi connectivity index (χ0v) is 13.3. The average molecular weight is 311 g/mol. The van der Waals surface area contributed by atoms with Gasteiger partial charge >= 0.3 is 0 Å². The molecular formula is C18H21N3O2. The predicted octanol–water partition coefficient (Wildman–Crippen LogP) is 2.44. The summed E-state index contributed by atoms with van der Waals surface area (Å²) in [5, 5.41) is 0. The van der Waals surface area contributed by atoms with Gasteiger partial charge in [0.1, 0.15) is 11.6 Å². The molecule has 1 fully saturated rings. The molecule has 120 valence electrons. The summed E-state index contributed by atoms with van der Waals surface area (Å²) in [6.07, 6.45) is 1.80. The van der Waals surface area contributed by atoms with E-state index in [1.165, 1.54) is 0 Å². The van der Waals surface area contributed by atoms with Crippen molar-refractivity contribution in [1.29, 1.82) is 0 Å². The van der Waals surface area contributed by atoms with Crippen LogP contribution < -0.4 is 9.64 Å². The van der Waals surface area contributed by atoms with E-state index in [9.17, 15) is 4.79 Å². The molecule has 2 heterocycles. The van der Waals surface area contributed by atoms with Crippen molar-refractivity contribution in [3.05, 3.63) is 54.2 Å². The fourth-order valence-corrected chi connectivity index (χ4v) is 2.77. The first-order valence-corrected chi connectivity index (χ1v) is 7.96. The SMILES string of the molecule is CCOc1ccccc1C(=O)N1CCN(c2ccccn2)CC1. The molecule has 0 spiro atoms. The van der Waals surface area contributed by atoms with Gasteiger partial charge in [0, 0.05) is 32.4 Å². The number of aromatic nitrogens is 1. The van der Waals surface area contributed by atoms with E-state index in [1.807, 2.05) is 54.3 Å². The molecule has 1 saturated heterocycles. The molecule has 0 unspecified atom stereocenters. The Bertz CT molecular complexity index is 652. The van der Waals surface area contributed by atoms with Crippen LogP contribution in [0.5, 0.6) is 5.75 Å². The quantitative estimate of drug-likeness (QED) is 0.870. The highest BCUT2D eigenvalue weighted by atomic mass is 16.5. The maximum absolute atomic E-state index is 12.8. The fraction of sp³-hybridized carbons (Fsp3) is 0.333. The Labute approximate surface area is 136 Å². The highest BCUT2D eigenvalue weighted by Crippen LogP contribution is 2.21. The third-order valence-electron chi connectivity index (χ3n) is 3.96. The lowest BCUT2D eigenvalue weighted by molar-refractivity contribution is 0.0742. The summed E-state index contributed by atoms with van der Waals surface area (Å²) in [5.41, 5.74) is 0.639. The van der Waals surface area contributed by atoms with Gasteiger partial charge in [0.15, 0.2) is 0 Å². The van der Waals surface area contributed by atoms with Gasteiger partial charge in [-0.25, -0.2) is 4.98 Å². The molecule has 1 aliphatic rings. The number of piperazine rings is 1. The topological polar surface area (TPSA) is 45.7 Å². The maximum atomic E-state index is 12.8. The number of nitrogens with zero attached hydrogens (tertiary/aromatic N) is 3. The Hall–Kier alpha value is -2.56. The van der Waals surface area contributed by atoms with Gasteiger partial charge in [-0.15, -0.1) is 0 Å². The minimum absolute atomic E-state index is 0.0368. The lowest BCUT2D eigenvalue weighted by Gasteiger charge is -2.35. The zero-order chi connectivity index (χ0) is 16.1. The van der Waals surface area contributed by atoms with Crippen LogP contribution in [0.3, 0.4) is 0 Å². The minimum atomic E-state index is 0.0368. The molecule has 1 amide bonds.